The number of carbonyl (C=O) groups excluding carboxylic acids is 3. The molecular weight excluding hydrogens is 513 g/mol. The maximum Gasteiger partial charge on any atom is 0.341 e. The van der Waals surface area contributed by atoms with E-state index in [-0.39, 0.29) is 12.4 Å². The van der Waals surface area contributed by atoms with Crippen LogP contribution in [0.4, 0.5) is 9.39 Å². The molecule has 3 aromatic rings. The van der Waals surface area contributed by atoms with Crippen LogP contribution in [0.15, 0.2) is 47.6 Å². The van der Waals surface area contributed by atoms with Gasteiger partial charge in [-0.25, -0.2) is 14.6 Å². The molecule has 9 nitrogen and oxygen atoms in total. The Labute approximate surface area is 222 Å². The van der Waals surface area contributed by atoms with Gasteiger partial charge in [-0.2, -0.15) is 5.10 Å². The van der Waals surface area contributed by atoms with E-state index in [4.69, 9.17) is 14.2 Å². The molecular formula is C27H26FN3O6S. The zero-order valence-electron chi connectivity index (χ0n) is 21.1. The van der Waals surface area contributed by atoms with Crippen molar-refractivity contribution in [2.24, 2.45) is 5.10 Å². The SMILES string of the molecule is COC(=O)c1c(NC(=O)C(=O)N/N=C(\C)c2ccc(OCc3ccc(F)cc3)c(OC)c2)sc2c1CCC2. The topological polar surface area (TPSA) is 115 Å². The lowest BCUT2D eigenvalue weighted by atomic mass is 10.1. The maximum atomic E-state index is 13.1. The molecule has 1 aromatic heterocycles. The first-order valence-corrected chi connectivity index (χ1v) is 12.6. The number of carbonyl (C=O) groups is 3. The van der Waals surface area contributed by atoms with Gasteiger partial charge in [0.15, 0.2) is 11.5 Å². The standard InChI is InChI=1S/C27H26FN3O6S/c1-15(17-9-12-20(21(13-17)35-2)37-14-16-7-10-18(28)11-8-16)30-31-25(33)24(32)29-26-23(27(34)36-3)19-5-4-6-22(19)38-26/h7-13H,4-6,14H2,1-3H3,(H,29,32)(H,31,33)/b30-15+. The molecule has 0 bridgehead atoms. The molecule has 1 heterocycles. The van der Waals surface area contributed by atoms with E-state index in [1.54, 1.807) is 37.3 Å². The number of nitrogens with one attached hydrogen (secondary N) is 2. The van der Waals surface area contributed by atoms with Gasteiger partial charge in [-0.1, -0.05) is 12.1 Å². The van der Waals surface area contributed by atoms with E-state index < -0.39 is 17.8 Å². The number of amides is 2. The molecule has 38 heavy (non-hydrogen) atoms. The molecule has 1 aliphatic rings. The Bertz CT molecular complexity index is 1400. The summed E-state index contributed by atoms with van der Waals surface area (Å²) in [6.07, 6.45) is 2.47. The first-order chi connectivity index (χ1) is 18.3. The van der Waals surface area contributed by atoms with Gasteiger partial charge in [-0.15, -0.1) is 11.3 Å². The molecule has 4 rings (SSSR count). The Kier molecular flexibility index (Phi) is 8.37. The molecule has 11 heteroatoms. The van der Waals surface area contributed by atoms with Gasteiger partial charge < -0.3 is 19.5 Å². The van der Waals surface area contributed by atoms with Crippen LogP contribution < -0.4 is 20.2 Å². The molecule has 198 valence electrons. The lowest BCUT2D eigenvalue weighted by molar-refractivity contribution is -0.136. The van der Waals surface area contributed by atoms with Crippen LogP contribution in [0.25, 0.3) is 0 Å². The molecule has 0 fully saturated rings. The summed E-state index contributed by atoms with van der Waals surface area (Å²) in [4.78, 5) is 38.2. The lowest BCUT2D eigenvalue weighted by Gasteiger charge is -2.12. The van der Waals surface area contributed by atoms with Crippen molar-refractivity contribution in [3.63, 3.8) is 0 Å². The Balaban J connectivity index is 1.40. The van der Waals surface area contributed by atoms with E-state index in [1.807, 2.05) is 0 Å². The first-order valence-electron chi connectivity index (χ1n) is 11.7. The summed E-state index contributed by atoms with van der Waals surface area (Å²) >= 11 is 1.28. The minimum atomic E-state index is -0.986. The summed E-state index contributed by atoms with van der Waals surface area (Å²) in [6.45, 7) is 1.88. The molecule has 0 saturated carbocycles. The number of aryl methyl sites for hydroxylation is 1. The van der Waals surface area contributed by atoms with Gasteiger partial charge in [0, 0.05) is 10.4 Å². The number of hydrogen-bond acceptors (Lipinski definition) is 8. The second-order valence-corrected chi connectivity index (χ2v) is 9.53. The van der Waals surface area contributed by atoms with E-state index in [2.05, 4.69) is 15.8 Å². The smallest absolute Gasteiger partial charge is 0.341 e. The van der Waals surface area contributed by atoms with Gasteiger partial charge in [0.2, 0.25) is 0 Å². The van der Waals surface area contributed by atoms with Crippen molar-refractivity contribution in [2.45, 2.75) is 32.8 Å². The Morgan fingerprint density at radius 1 is 1.03 bits per heavy atom. The fourth-order valence-electron chi connectivity index (χ4n) is 3.97. The lowest BCUT2D eigenvalue weighted by Crippen LogP contribution is -2.33. The van der Waals surface area contributed by atoms with Crippen molar-refractivity contribution in [2.75, 3.05) is 19.5 Å². The molecule has 1 aliphatic carbocycles. The van der Waals surface area contributed by atoms with Crippen molar-refractivity contribution >= 4 is 39.8 Å². The number of anilines is 1. The third-order valence-corrected chi connectivity index (χ3v) is 7.17. The average molecular weight is 540 g/mol. The average Bonchev–Trinajstić information content (AvgIpc) is 3.51. The fraction of sp³-hybridized carbons (Fsp3) is 0.259. The number of halogens is 1. The van der Waals surface area contributed by atoms with Gasteiger partial charge >= 0.3 is 17.8 Å². The Morgan fingerprint density at radius 3 is 2.50 bits per heavy atom. The maximum absolute atomic E-state index is 13.1. The van der Waals surface area contributed by atoms with Crippen LogP contribution in [0.3, 0.4) is 0 Å². The molecule has 0 spiro atoms. The van der Waals surface area contributed by atoms with E-state index in [0.29, 0.717) is 33.3 Å². The predicted molar refractivity (Wildman–Crippen MR) is 140 cm³/mol. The zero-order chi connectivity index (χ0) is 27.2. The highest BCUT2D eigenvalue weighted by atomic mass is 32.1. The number of ether oxygens (including phenoxy) is 3. The summed E-state index contributed by atoms with van der Waals surface area (Å²) in [5.74, 6) is -1.90. The molecule has 0 unspecified atom stereocenters. The zero-order valence-corrected chi connectivity index (χ0v) is 21.9. The number of rotatable bonds is 8. The van der Waals surface area contributed by atoms with Crippen LogP contribution in [0.5, 0.6) is 11.5 Å². The second-order valence-electron chi connectivity index (χ2n) is 8.43. The minimum Gasteiger partial charge on any atom is -0.493 e. The largest absolute Gasteiger partial charge is 0.493 e. The van der Waals surface area contributed by atoms with Crippen LogP contribution in [-0.2, 0) is 33.8 Å². The van der Waals surface area contributed by atoms with Crippen LogP contribution in [0.2, 0.25) is 0 Å². The highest BCUT2D eigenvalue weighted by Crippen LogP contribution is 2.39. The van der Waals surface area contributed by atoms with E-state index >= 15 is 0 Å². The number of benzene rings is 2. The molecule has 0 atom stereocenters. The summed E-state index contributed by atoms with van der Waals surface area (Å²) in [5.41, 5.74) is 5.25. The highest BCUT2D eigenvalue weighted by molar-refractivity contribution is 7.17. The van der Waals surface area contributed by atoms with Crippen molar-refractivity contribution in [3.05, 3.63) is 75.4 Å². The predicted octanol–water partition coefficient (Wildman–Crippen LogP) is 4.23. The van der Waals surface area contributed by atoms with Gasteiger partial charge in [0.05, 0.1) is 25.5 Å². The van der Waals surface area contributed by atoms with Gasteiger partial charge in [0.1, 0.15) is 17.4 Å². The van der Waals surface area contributed by atoms with Crippen molar-refractivity contribution < 1.29 is 33.0 Å². The minimum absolute atomic E-state index is 0.221. The van der Waals surface area contributed by atoms with E-state index in [1.165, 1.54) is 37.7 Å². The number of hydrazone groups is 1. The summed E-state index contributed by atoms with van der Waals surface area (Å²) in [7, 11) is 2.77. The number of methoxy groups -OCH3 is 2. The van der Waals surface area contributed by atoms with Crippen molar-refractivity contribution in [1.29, 1.82) is 0 Å². The highest BCUT2D eigenvalue weighted by Gasteiger charge is 2.29. The van der Waals surface area contributed by atoms with Gasteiger partial charge in [-0.05, 0) is 67.6 Å². The third-order valence-electron chi connectivity index (χ3n) is 5.96. The normalized spacial score (nSPS) is 12.5. The number of esters is 1. The quantitative estimate of drug-likeness (QED) is 0.192. The number of nitrogens with zero attached hydrogens (tertiary/aromatic N) is 1. The summed E-state index contributed by atoms with van der Waals surface area (Å²) < 4.78 is 29.2. The molecule has 0 aliphatic heterocycles. The molecule has 2 amide bonds. The summed E-state index contributed by atoms with van der Waals surface area (Å²) in [6, 6.07) is 11.1. The monoisotopic (exact) mass is 539 g/mol. The van der Waals surface area contributed by atoms with E-state index in [0.717, 1.165) is 35.3 Å². The van der Waals surface area contributed by atoms with Crippen LogP contribution in [0.1, 0.15) is 45.3 Å². The summed E-state index contributed by atoms with van der Waals surface area (Å²) in [5, 5.41) is 6.83. The Morgan fingerprint density at radius 2 is 1.79 bits per heavy atom. The van der Waals surface area contributed by atoms with Crippen molar-refractivity contribution in [3.8, 4) is 11.5 Å². The molecule has 2 aromatic carbocycles. The first kappa shape index (κ1) is 26.8. The Hall–Kier alpha value is -4.25. The molecule has 0 radical (unpaired) electrons. The fourth-order valence-corrected chi connectivity index (χ4v) is 5.25. The van der Waals surface area contributed by atoms with Gasteiger partial charge in [0.25, 0.3) is 0 Å². The molecule has 2 N–H and O–H groups in total. The molecule has 0 saturated heterocycles. The number of fused-ring (bicyclic) bond motifs is 1. The van der Waals surface area contributed by atoms with Crippen LogP contribution in [0, 0.1) is 5.82 Å². The van der Waals surface area contributed by atoms with Crippen LogP contribution in [-0.4, -0.2) is 37.7 Å². The second kappa shape index (κ2) is 11.9. The van der Waals surface area contributed by atoms with Crippen molar-refractivity contribution in [1.82, 2.24) is 5.43 Å². The number of thiophene rings is 1. The third kappa shape index (κ3) is 6.00. The van der Waals surface area contributed by atoms with E-state index in [9.17, 15) is 18.8 Å². The van der Waals surface area contributed by atoms with Crippen LogP contribution >= 0.6 is 11.3 Å². The van der Waals surface area contributed by atoms with Gasteiger partial charge in [-0.3, -0.25) is 9.59 Å². The number of hydrogen-bond donors (Lipinski definition) is 2.